The van der Waals surface area contributed by atoms with E-state index in [9.17, 15) is 14.4 Å². The van der Waals surface area contributed by atoms with Gasteiger partial charge >= 0.3 is 0 Å². The van der Waals surface area contributed by atoms with Crippen LogP contribution in [0.5, 0.6) is 17.2 Å². The van der Waals surface area contributed by atoms with E-state index in [0.29, 0.717) is 61.0 Å². The van der Waals surface area contributed by atoms with Gasteiger partial charge in [-0.25, -0.2) is 4.39 Å². The number of carbonyl (C=O) groups excluding carboxylic acids is 1. The van der Waals surface area contributed by atoms with Crippen molar-refractivity contribution >= 4 is 17.5 Å². The minimum Gasteiger partial charge on any atom is -0.493 e. The van der Waals surface area contributed by atoms with Crippen LogP contribution in [0.2, 0.25) is 5.02 Å². The van der Waals surface area contributed by atoms with Crippen LogP contribution in [0.15, 0.2) is 67.0 Å². The average Bonchev–Trinajstić information content (AvgIpc) is 3.60. The van der Waals surface area contributed by atoms with E-state index in [1.54, 1.807) is 19.2 Å². The van der Waals surface area contributed by atoms with E-state index >= 15 is 0 Å². The molecule has 288 valence electrons. The molecule has 1 amide bonds. The molecule has 2 saturated heterocycles. The van der Waals surface area contributed by atoms with Gasteiger partial charge in [-0.05, 0) is 98.4 Å². The van der Waals surface area contributed by atoms with E-state index in [1.807, 2.05) is 18.2 Å². The highest BCUT2D eigenvalue weighted by molar-refractivity contribution is 6.32. The van der Waals surface area contributed by atoms with Gasteiger partial charge in [-0.2, -0.15) is 5.26 Å². The Balaban J connectivity index is 1.05. The molecule has 0 unspecified atom stereocenters. The molecule has 0 saturated carbocycles. The van der Waals surface area contributed by atoms with Gasteiger partial charge in [-0.3, -0.25) is 9.78 Å². The second-order valence-corrected chi connectivity index (χ2v) is 15.6. The van der Waals surface area contributed by atoms with Crippen molar-refractivity contribution in [2.24, 2.45) is 0 Å². The molecule has 2 fully saturated rings. The SMILES string of the molecule is Cc1c(OCCCN2CCC(C)(F)CC2)cccc1-c1cccc2c1CC[C@@H]2Oc1cc(OCc2cncc(C#N)c2)c(CN[C@H]2CCC(=O)NC2)cc1Cl. The highest BCUT2D eigenvalue weighted by atomic mass is 35.5. The number of nitrogens with one attached hydrogen (secondary N) is 2. The van der Waals surface area contributed by atoms with Crippen molar-refractivity contribution in [2.75, 3.05) is 32.8 Å². The summed E-state index contributed by atoms with van der Waals surface area (Å²) in [5, 5.41) is 16.3. The molecule has 4 aromatic rings. The maximum absolute atomic E-state index is 14.2. The first-order valence-corrected chi connectivity index (χ1v) is 19.8. The number of piperidine rings is 2. The Bertz CT molecular complexity index is 2030. The predicted octanol–water partition coefficient (Wildman–Crippen LogP) is 8.19. The number of halogens is 2. The first-order chi connectivity index (χ1) is 26.7. The second kappa shape index (κ2) is 17.4. The third-order valence-corrected chi connectivity index (χ3v) is 11.4. The summed E-state index contributed by atoms with van der Waals surface area (Å²) < 4.78 is 33.6. The highest BCUT2D eigenvalue weighted by Gasteiger charge is 2.30. The summed E-state index contributed by atoms with van der Waals surface area (Å²) in [7, 11) is 0. The minimum absolute atomic E-state index is 0.0718. The fourth-order valence-corrected chi connectivity index (χ4v) is 8.04. The number of hydrogen-bond acceptors (Lipinski definition) is 8. The van der Waals surface area contributed by atoms with Gasteiger partial charge in [0.25, 0.3) is 0 Å². The summed E-state index contributed by atoms with van der Waals surface area (Å²) in [6, 6.07) is 20.4. The summed E-state index contributed by atoms with van der Waals surface area (Å²) in [5.41, 5.74) is 6.89. The molecule has 3 aliphatic rings. The maximum atomic E-state index is 14.2. The van der Waals surface area contributed by atoms with Crippen molar-refractivity contribution in [1.82, 2.24) is 20.5 Å². The molecule has 0 spiro atoms. The molecule has 2 N–H and O–H groups in total. The second-order valence-electron chi connectivity index (χ2n) is 15.2. The lowest BCUT2D eigenvalue weighted by molar-refractivity contribution is -0.122. The number of likely N-dealkylation sites (tertiary alicyclic amines) is 1. The summed E-state index contributed by atoms with van der Waals surface area (Å²) in [6.07, 6.45) is 8.00. The molecule has 7 rings (SSSR count). The summed E-state index contributed by atoms with van der Waals surface area (Å²) in [6.45, 7) is 8.22. The molecule has 1 aromatic heterocycles. The molecule has 55 heavy (non-hydrogen) atoms. The number of hydrogen-bond donors (Lipinski definition) is 2. The van der Waals surface area contributed by atoms with Gasteiger partial charge in [0, 0.05) is 74.8 Å². The van der Waals surface area contributed by atoms with Crippen molar-refractivity contribution in [2.45, 2.75) is 89.8 Å². The van der Waals surface area contributed by atoms with Crippen LogP contribution < -0.4 is 24.8 Å². The van der Waals surface area contributed by atoms with Crippen LogP contribution in [-0.2, 0) is 24.4 Å². The fourth-order valence-electron chi connectivity index (χ4n) is 7.81. The lowest BCUT2D eigenvalue weighted by Gasteiger charge is -2.34. The van der Waals surface area contributed by atoms with E-state index in [1.165, 1.54) is 17.3 Å². The zero-order valence-corrected chi connectivity index (χ0v) is 32.4. The number of alkyl halides is 1. The van der Waals surface area contributed by atoms with Gasteiger partial charge in [-0.15, -0.1) is 0 Å². The van der Waals surface area contributed by atoms with E-state index in [4.69, 9.17) is 25.8 Å². The minimum atomic E-state index is -1.03. The number of benzene rings is 3. The average molecular weight is 766 g/mol. The number of rotatable bonds is 14. The van der Waals surface area contributed by atoms with E-state index in [-0.39, 0.29) is 24.7 Å². The predicted molar refractivity (Wildman–Crippen MR) is 211 cm³/mol. The van der Waals surface area contributed by atoms with Gasteiger partial charge in [0.1, 0.15) is 41.7 Å². The Labute approximate surface area is 328 Å². The highest BCUT2D eigenvalue weighted by Crippen LogP contribution is 2.44. The molecule has 2 aliphatic heterocycles. The molecule has 1 aliphatic carbocycles. The van der Waals surface area contributed by atoms with Gasteiger partial charge < -0.3 is 29.7 Å². The number of fused-ring (bicyclic) bond motifs is 1. The smallest absolute Gasteiger partial charge is 0.220 e. The molecule has 3 aromatic carbocycles. The van der Waals surface area contributed by atoms with Crippen LogP contribution in [0.25, 0.3) is 11.1 Å². The van der Waals surface area contributed by atoms with Crippen molar-refractivity contribution in [3.05, 3.63) is 105 Å². The number of nitrogens with zero attached hydrogens (tertiary/aromatic N) is 3. The molecule has 9 nitrogen and oxygen atoms in total. The van der Waals surface area contributed by atoms with Crippen molar-refractivity contribution < 1.29 is 23.4 Å². The van der Waals surface area contributed by atoms with Gasteiger partial charge in [0.15, 0.2) is 0 Å². The Hall–Kier alpha value is -4.69. The number of ether oxygens (including phenoxy) is 3. The molecular weight excluding hydrogens is 717 g/mol. The van der Waals surface area contributed by atoms with E-state index < -0.39 is 5.67 Å². The third-order valence-electron chi connectivity index (χ3n) is 11.1. The summed E-state index contributed by atoms with van der Waals surface area (Å²) >= 11 is 6.93. The number of amides is 1. The Morgan fingerprint density at radius 3 is 2.65 bits per heavy atom. The van der Waals surface area contributed by atoms with Crippen LogP contribution in [0.4, 0.5) is 4.39 Å². The first kappa shape index (κ1) is 38.6. The Morgan fingerprint density at radius 1 is 1.04 bits per heavy atom. The summed E-state index contributed by atoms with van der Waals surface area (Å²) in [5.74, 6) is 2.11. The molecule has 3 heterocycles. The zero-order valence-electron chi connectivity index (χ0n) is 31.6. The van der Waals surface area contributed by atoms with Crippen molar-refractivity contribution in [1.29, 1.82) is 5.26 Å². The van der Waals surface area contributed by atoms with Crippen molar-refractivity contribution in [3.8, 4) is 34.4 Å². The van der Waals surface area contributed by atoms with Crippen LogP contribution in [0.1, 0.15) is 84.9 Å². The summed E-state index contributed by atoms with van der Waals surface area (Å²) in [4.78, 5) is 18.2. The van der Waals surface area contributed by atoms with Crippen LogP contribution in [-0.4, -0.2) is 60.3 Å². The Morgan fingerprint density at radius 2 is 1.85 bits per heavy atom. The number of nitriles is 1. The maximum Gasteiger partial charge on any atom is 0.220 e. The topological polar surface area (TPSA) is 109 Å². The molecule has 2 atom stereocenters. The first-order valence-electron chi connectivity index (χ1n) is 19.4. The van der Waals surface area contributed by atoms with Crippen LogP contribution in [0, 0.1) is 18.3 Å². The number of aromatic nitrogens is 1. The molecule has 0 radical (unpaired) electrons. The van der Waals surface area contributed by atoms with Gasteiger partial charge in [0.05, 0.1) is 17.2 Å². The zero-order chi connectivity index (χ0) is 38.4. The molecular formula is C44H49ClFN5O4. The third kappa shape index (κ3) is 9.58. The normalized spacial score (nSPS) is 19.3. The fraction of sp³-hybridized carbons (Fsp3) is 0.432. The van der Waals surface area contributed by atoms with Crippen molar-refractivity contribution in [3.63, 3.8) is 0 Å². The van der Waals surface area contributed by atoms with E-state index in [2.05, 4.69) is 63.8 Å². The molecule has 11 heteroatoms. The van der Waals surface area contributed by atoms with Crippen LogP contribution in [0.3, 0.4) is 0 Å². The Kier molecular flexibility index (Phi) is 12.2. The number of pyridine rings is 1. The monoisotopic (exact) mass is 765 g/mol. The van der Waals surface area contributed by atoms with Crippen LogP contribution >= 0.6 is 11.6 Å². The van der Waals surface area contributed by atoms with E-state index in [0.717, 1.165) is 78.9 Å². The van der Waals surface area contributed by atoms with Gasteiger partial charge in [-0.1, -0.05) is 41.9 Å². The van der Waals surface area contributed by atoms with Gasteiger partial charge in [0.2, 0.25) is 5.91 Å². The standard InChI is InChI=1S/C44H49ClFN5O4/c1-29-34(6-4-9-39(29)53-19-5-16-51-17-14-44(2,46)15-18-51)35-7-3-8-37-36(35)11-12-40(37)55-42-22-41(54-28-31-20-30(23-47)24-48-25-31)32(21-38(42)45)26-49-33-10-13-43(52)50-27-33/h3-4,6-9,20-22,24-25,33,40,49H,5,10-19,26-28H2,1-2H3,(H,50,52)/t33-,40-/m0/s1. The quantitative estimate of drug-likeness (QED) is 0.124. The largest absolute Gasteiger partial charge is 0.493 e. The lowest BCUT2D eigenvalue weighted by atomic mass is 9.93. The lowest BCUT2D eigenvalue weighted by Crippen LogP contribution is -2.45. The molecule has 0 bridgehead atoms. The number of carbonyl (C=O) groups is 1.